The summed E-state index contributed by atoms with van der Waals surface area (Å²) >= 11 is 2.82. The molecule has 10 heteroatoms. The first-order valence-electron chi connectivity index (χ1n) is 13.9. The number of carboxylic acids is 1. The van der Waals surface area contributed by atoms with Crippen LogP contribution in [0.4, 0.5) is 10.7 Å². The number of esters is 1. The third-order valence-electron chi connectivity index (χ3n) is 7.26. The van der Waals surface area contributed by atoms with Gasteiger partial charge in [-0.05, 0) is 76.1 Å². The third-order valence-corrected chi connectivity index (χ3v) is 9.56. The van der Waals surface area contributed by atoms with Gasteiger partial charge in [-0.15, -0.1) is 23.1 Å². The van der Waals surface area contributed by atoms with E-state index in [1.54, 1.807) is 38.1 Å². The molecule has 2 amide bonds. The lowest BCUT2D eigenvalue weighted by atomic mass is 9.82. The minimum Gasteiger partial charge on any atom is -0.481 e. The Kier molecular flexibility index (Phi) is 10.4. The number of thiophene rings is 1. The summed E-state index contributed by atoms with van der Waals surface area (Å²) in [5.74, 6) is -3.30. The van der Waals surface area contributed by atoms with E-state index in [-0.39, 0.29) is 18.4 Å². The molecule has 0 aliphatic heterocycles. The fraction of sp³-hybridized carbons (Fsp3) is 0.467. The molecule has 2 aliphatic rings. The maximum Gasteiger partial charge on any atom is 0.341 e. The van der Waals surface area contributed by atoms with Crippen molar-refractivity contribution >= 4 is 57.5 Å². The van der Waals surface area contributed by atoms with Gasteiger partial charge in [0, 0.05) is 15.5 Å². The number of nitrogens with one attached hydrogen (secondary N) is 2. The highest BCUT2D eigenvalue weighted by Gasteiger charge is 2.34. The van der Waals surface area contributed by atoms with Crippen LogP contribution in [-0.2, 0) is 32.0 Å². The van der Waals surface area contributed by atoms with E-state index >= 15 is 0 Å². The molecule has 0 spiro atoms. The zero-order valence-corrected chi connectivity index (χ0v) is 24.5. The average molecular weight is 585 g/mol. The number of aryl methyl sites for hydroxylation is 1. The molecule has 3 N–H and O–H groups in total. The molecule has 4 rings (SSSR count). The number of hydrogen-bond acceptors (Lipinski definition) is 7. The first-order chi connectivity index (χ1) is 19.3. The lowest BCUT2D eigenvalue weighted by molar-refractivity contribution is -0.146. The number of hydrogen-bond donors (Lipinski definition) is 3. The van der Waals surface area contributed by atoms with Crippen molar-refractivity contribution in [2.45, 2.75) is 75.4 Å². The summed E-state index contributed by atoms with van der Waals surface area (Å²) in [6.45, 7) is 3.84. The Morgan fingerprint density at radius 1 is 1.05 bits per heavy atom. The number of benzene rings is 1. The van der Waals surface area contributed by atoms with E-state index in [9.17, 15) is 24.3 Å². The lowest BCUT2D eigenvalue weighted by Gasteiger charge is -2.24. The maximum atomic E-state index is 13.3. The molecular weight excluding hydrogens is 548 g/mol. The van der Waals surface area contributed by atoms with Gasteiger partial charge in [0.15, 0.2) is 0 Å². The summed E-state index contributed by atoms with van der Waals surface area (Å²) < 4.78 is 5.35. The molecular formula is C30H36N2O6S2. The van der Waals surface area contributed by atoms with Crippen molar-refractivity contribution in [1.29, 1.82) is 0 Å². The number of carbonyl (C=O) groups is 4. The molecule has 214 valence electrons. The van der Waals surface area contributed by atoms with E-state index in [0.717, 1.165) is 47.4 Å². The number of carboxylic acid groups (broad SMARTS) is 1. The Morgan fingerprint density at radius 2 is 1.77 bits per heavy atom. The van der Waals surface area contributed by atoms with Crippen molar-refractivity contribution in [1.82, 2.24) is 0 Å². The van der Waals surface area contributed by atoms with E-state index in [0.29, 0.717) is 29.1 Å². The lowest BCUT2D eigenvalue weighted by Crippen LogP contribution is -2.34. The molecule has 3 atom stereocenters. The largest absolute Gasteiger partial charge is 0.481 e. The van der Waals surface area contributed by atoms with Gasteiger partial charge in [0.25, 0.3) is 0 Å². The first-order valence-corrected chi connectivity index (χ1v) is 15.6. The molecule has 0 bridgehead atoms. The van der Waals surface area contributed by atoms with Crippen molar-refractivity contribution in [3.05, 3.63) is 52.4 Å². The number of carbonyl (C=O) groups excluding carboxylic acids is 3. The van der Waals surface area contributed by atoms with Crippen LogP contribution < -0.4 is 10.6 Å². The highest BCUT2D eigenvalue weighted by molar-refractivity contribution is 8.00. The van der Waals surface area contributed by atoms with Gasteiger partial charge in [-0.25, -0.2) is 4.79 Å². The van der Waals surface area contributed by atoms with Gasteiger partial charge < -0.3 is 20.5 Å². The molecule has 0 saturated heterocycles. The van der Waals surface area contributed by atoms with Gasteiger partial charge in [0.2, 0.25) is 11.8 Å². The van der Waals surface area contributed by atoms with E-state index in [2.05, 4.69) is 10.6 Å². The summed E-state index contributed by atoms with van der Waals surface area (Å²) in [5.41, 5.74) is 2.06. The van der Waals surface area contributed by atoms with Gasteiger partial charge in [-0.3, -0.25) is 14.4 Å². The summed E-state index contributed by atoms with van der Waals surface area (Å²) in [6, 6.07) is 7.17. The minimum absolute atomic E-state index is 0.225. The van der Waals surface area contributed by atoms with Gasteiger partial charge in [-0.2, -0.15) is 0 Å². The highest BCUT2D eigenvalue weighted by atomic mass is 32.2. The number of allylic oxidation sites excluding steroid dienone is 2. The number of thioether (sulfide) groups is 1. The normalized spacial score (nSPS) is 19.4. The standard InChI is InChI=1S/C30H36N2O6S2/c1-3-38-30(37)25-23-15-6-4-5-7-16-24(23)40-28(25)32-26(33)18(2)39-20-12-10-11-19(17-20)31-27(34)21-13-8-9-14-22(21)29(35)36/h8-12,17-18,21-22H,3-7,13-16H2,1-2H3,(H,31,34)(H,32,33)(H,35,36). The number of amides is 2. The van der Waals surface area contributed by atoms with Crippen molar-refractivity contribution in [2.75, 3.05) is 17.2 Å². The van der Waals surface area contributed by atoms with E-state index in [1.807, 2.05) is 12.1 Å². The van der Waals surface area contributed by atoms with Crippen LogP contribution in [0.1, 0.15) is 73.2 Å². The molecule has 0 fully saturated rings. The number of aliphatic carboxylic acids is 1. The molecule has 1 aromatic carbocycles. The fourth-order valence-corrected chi connectivity index (χ4v) is 7.36. The molecule has 2 aliphatic carbocycles. The Balaban J connectivity index is 1.44. The molecule has 0 radical (unpaired) electrons. The Bertz CT molecular complexity index is 1290. The Morgan fingerprint density at radius 3 is 2.50 bits per heavy atom. The van der Waals surface area contributed by atoms with Crippen LogP contribution in [0.2, 0.25) is 0 Å². The monoisotopic (exact) mass is 584 g/mol. The van der Waals surface area contributed by atoms with Crippen molar-refractivity contribution < 1.29 is 29.0 Å². The SMILES string of the molecule is CCOC(=O)c1c(NC(=O)C(C)Sc2cccc(NC(=O)C3CC=CCC3C(=O)O)c2)sc2c1CCCCCC2. The number of anilines is 2. The number of fused-ring (bicyclic) bond motifs is 1. The van der Waals surface area contributed by atoms with E-state index in [4.69, 9.17) is 4.74 Å². The second kappa shape index (κ2) is 14.0. The van der Waals surface area contributed by atoms with Gasteiger partial charge in [-0.1, -0.05) is 31.1 Å². The Labute approximate surface area is 243 Å². The van der Waals surface area contributed by atoms with Crippen molar-refractivity contribution in [2.24, 2.45) is 11.8 Å². The van der Waals surface area contributed by atoms with Gasteiger partial charge in [0.05, 0.1) is 29.3 Å². The minimum atomic E-state index is -0.975. The zero-order valence-electron chi connectivity index (χ0n) is 22.9. The number of rotatable bonds is 9. The average Bonchev–Trinajstić information content (AvgIpc) is 3.24. The number of ether oxygens (including phenoxy) is 1. The van der Waals surface area contributed by atoms with Crippen molar-refractivity contribution in [3.63, 3.8) is 0 Å². The van der Waals surface area contributed by atoms with Crippen LogP contribution in [0, 0.1) is 11.8 Å². The quantitative estimate of drug-likeness (QED) is 0.179. The second-order valence-corrected chi connectivity index (χ2v) is 12.6. The summed E-state index contributed by atoms with van der Waals surface area (Å²) in [4.78, 5) is 52.5. The van der Waals surface area contributed by atoms with Crippen LogP contribution in [0.3, 0.4) is 0 Å². The van der Waals surface area contributed by atoms with E-state index < -0.39 is 29.0 Å². The van der Waals surface area contributed by atoms with Crippen LogP contribution in [0.25, 0.3) is 0 Å². The molecule has 1 heterocycles. The third kappa shape index (κ3) is 7.34. The predicted octanol–water partition coefficient (Wildman–Crippen LogP) is 6.31. The van der Waals surface area contributed by atoms with E-state index in [1.165, 1.54) is 29.5 Å². The summed E-state index contributed by atoms with van der Waals surface area (Å²) in [7, 11) is 0. The molecule has 0 saturated carbocycles. The molecule has 1 aromatic heterocycles. The smallest absolute Gasteiger partial charge is 0.341 e. The molecule has 40 heavy (non-hydrogen) atoms. The van der Waals surface area contributed by atoms with Crippen LogP contribution in [0.15, 0.2) is 41.3 Å². The topological polar surface area (TPSA) is 122 Å². The molecule has 8 nitrogen and oxygen atoms in total. The summed E-state index contributed by atoms with van der Waals surface area (Å²) in [6.07, 6.45) is 10.4. The zero-order chi connectivity index (χ0) is 28.6. The van der Waals surface area contributed by atoms with Crippen LogP contribution >= 0.6 is 23.1 Å². The van der Waals surface area contributed by atoms with Gasteiger partial charge >= 0.3 is 11.9 Å². The fourth-order valence-electron chi connectivity index (χ4n) is 5.16. The first kappa shape index (κ1) is 29.9. The maximum absolute atomic E-state index is 13.3. The summed E-state index contributed by atoms with van der Waals surface area (Å²) in [5, 5.41) is 15.4. The van der Waals surface area contributed by atoms with Crippen LogP contribution in [0.5, 0.6) is 0 Å². The Hall–Kier alpha value is -3.11. The highest BCUT2D eigenvalue weighted by Crippen LogP contribution is 2.38. The van der Waals surface area contributed by atoms with Crippen LogP contribution in [-0.4, -0.2) is 40.7 Å². The van der Waals surface area contributed by atoms with Gasteiger partial charge in [0.1, 0.15) is 5.00 Å². The molecule has 3 unspecified atom stereocenters. The second-order valence-electron chi connectivity index (χ2n) is 10.1. The van der Waals surface area contributed by atoms with Crippen molar-refractivity contribution in [3.8, 4) is 0 Å². The predicted molar refractivity (Wildman–Crippen MR) is 158 cm³/mol. The molecule has 2 aromatic rings.